The Morgan fingerprint density at radius 2 is 2.11 bits per heavy atom. The van der Waals surface area contributed by atoms with E-state index in [0.717, 1.165) is 19.1 Å². The third-order valence-corrected chi connectivity index (χ3v) is 2.24. The van der Waals surface area contributed by atoms with Crippen molar-refractivity contribution >= 4 is 11.5 Å². The molecule has 0 amide bonds. The van der Waals surface area contributed by atoms with E-state index in [2.05, 4.69) is 0 Å². The first-order valence-corrected chi connectivity index (χ1v) is 5.12. The number of alkyl halides is 2. The molecule has 0 radical (unpaired) electrons. The highest BCUT2D eigenvalue weighted by atomic mass is 19.3. The van der Waals surface area contributed by atoms with Gasteiger partial charge in [0.05, 0.1) is 17.6 Å². The van der Waals surface area contributed by atoms with Crippen LogP contribution in [0.4, 0.5) is 14.5 Å². The van der Waals surface area contributed by atoms with Crippen LogP contribution in [-0.4, -0.2) is 17.3 Å². The second-order valence-electron chi connectivity index (χ2n) is 3.45. The molecule has 0 aliphatic rings. The van der Waals surface area contributed by atoms with Gasteiger partial charge in [-0.05, 0) is 19.9 Å². The van der Waals surface area contributed by atoms with Crippen molar-refractivity contribution in [1.29, 1.82) is 0 Å². The Labute approximate surface area is 102 Å². The Balaban J connectivity index is 3.54. The molecule has 1 aromatic carbocycles. The van der Waals surface area contributed by atoms with Gasteiger partial charge in [0.15, 0.2) is 5.78 Å². The number of nitrogens with zero attached hydrogens (tertiary/aromatic N) is 1. The fourth-order valence-corrected chi connectivity index (χ4v) is 1.53. The Kier molecular flexibility index (Phi) is 4.30. The summed E-state index contributed by atoms with van der Waals surface area (Å²) in [6, 6.07) is 2.00. The first-order chi connectivity index (χ1) is 8.38. The number of nitro benzene ring substituents is 1. The van der Waals surface area contributed by atoms with E-state index in [9.17, 15) is 23.7 Å². The van der Waals surface area contributed by atoms with Crippen molar-refractivity contribution < 1.29 is 23.2 Å². The normalized spacial score (nSPS) is 10.5. The molecule has 0 atom stereocenters. The van der Waals surface area contributed by atoms with Crippen LogP contribution in [0.15, 0.2) is 12.1 Å². The summed E-state index contributed by atoms with van der Waals surface area (Å²) in [5.74, 6) is -0.645. The number of carbonyl (C=O) groups excluding carboxylic acids is 1. The van der Waals surface area contributed by atoms with Gasteiger partial charge in [-0.3, -0.25) is 14.9 Å². The van der Waals surface area contributed by atoms with Crippen LogP contribution in [0, 0.1) is 10.1 Å². The lowest BCUT2D eigenvalue weighted by Crippen LogP contribution is -2.06. The predicted octanol–water partition coefficient (Wildman–Crippen LogP) is 3.13. The van der Waals surface area contributed by atoms with E-state index in [1.807, 2.05) is 0 Å². The Morgan fingerprint density at radius 1 is 1.50 bits per heavy atom. The predicted molar refractivity (Wildman–Crippen MR) is 59.2 cm³/mol. The minimum Gasteiger partial charge on any atom is -0.494 e. The van der Waals surface area contributed by atoms with E-state index >= 15 is 0 Å². The fraction of sp³-hybridized carbons (Fsp3) is 0.364. The molecule has 0 bridgehead atoms. The largest absolute Gasteiger partial charge is 0.494 e. The van der Waals surface area contributed by atoms with E-state index < -0.39 is 28.4 Å². The number of Topliss-reactive ketones (excluding diaryl/α,β-unsaturated/α-hetero) is 1. The molecule has 0 aliphatic carbocycles. The van der Waals surface area contributed by atoms with Crippen LogP contribution >= 0.6 is 0 Å². The molecule has 7 heteroatoms. The van der Waals surface area contributed by atoms with Gasteiger partial charge in [-0.1, -0.05) is 0 Å². The highest BCUT2D eigenvalue weighted by Crippen LogP contribution is 2.36. The summed E-state index contributed by atoms with van der Waals surface area (Å²) < 4.78 is 30.7. The smallest absolute Gasteiger partial charge is 0.282 e. The number of halogens is 2. The lowest BCUT2D eigenvalue weighted by molar-refractivity contribution is -0.386. The maximum atomic E-state index is 12.8. The highest BCUT2D eigenvalue weighted by Gasteiger charge is 2.28. The topological polar surface area (TPSA) is 69.4 Å². The summed E-state index contributed by atoms with van der Waals surface area (Å²) >= 11 is 0. The highest BCUT2D eigenvalue weighted by molar-refractivity contribution is 5.97. The number of ketones is 1. The van der Waals surface area contributed by atoms with Crippen LogP contribution in [0.1, 0.15) is 36.2 Å². The van der Waals surface area contributed by atoms with Gasteiger partial charge in [-0.25, -0.2) is 8.78 Å². The lowest BCUT2D eigenvalue weighted by Gasteiger charge is -2.10. The zero-order valence-corrected chi connectivity index (χ0v) is 9.78. The molecular weight excluding hydrogens is 248 g/mol. The first kappa shape index (κ1) is 14.0. The van der Waals surface area contributed by atoms with Crippen molar-refractivity contribution in [1.82, 2.24) is 0 Å². The molecule has 0 aliphatic heterocycles. The summed E-state index contributed by atoms with van der Waals surface area (Å²) in [4.78, 5) is 21.1. The molecule has 0 unspecified atom stereocenters. The van der Waals surface area contributed by atoms with Crippen LogP contribution in [0.3, 0.4) is 0 Å². The number of carbonyl (C=O) groups is 1. The standard InChI is InChI=1S/C11H11F2NO4/c1-3-18-7-4-8(6(2)15)10(11(12)13)9(5-7)14(16)17/h4-5,11H,3H2,1-2H3. The van der Waals surface area contributed by atoms with Gasteiger partial charge in [0.1, 0.15) is 11.3 Å². The SMILES string of the molecule is CCOc1cc(C(C)=O)c(C(F)F)c([N+](=O)[O-])c1. The molecule has 0 saturated heterocycles. The molecule has 0 fully saturated rings. The first-order valence-electron chi connectivity index (χ1n) is 5.12. The maximum absolute atomic E-state index is 12.8. The van der Waals surface area contributed by atoms with Crippen molar-refractivity contribution in [3.8, 4) is 5.75 Å². The second-order valence-corrected chi connectivity index (χ2v) is 3.45. The van der Waals surface area contributed by atoms with Gasteiger partial charge in [-0.15, -0.1) is 0 Å². The van der Waals surface area contributed by atoms with Crippen LogP contribution in [0.25, 0.3) is 0 Å². The molecule has 98 valence electrons. The summed E-state index contributed by atoms with van der Waals surface area (Å²) in [7, 11) is 0. The summed E-state index contributed by atoms with van der Waals surface area (Å²) in [5.41, 5.74) is -2.06. The summed E-state index contributed by atoms with van der Waals surface area (Å²) in [6.45, 7) is 2.92. The molecule has 18 heavy (non-hydrogen) atoms. The quantitative estimate of drug-likeness (QED) is 0.462. The molecule has 0 N–H and O–H groups in total. The number of benzene rings is 1. The third-order valence-electron chi connectivity index (χ3n) is 2.24. The van der Waals surface area contributed by atoms with Crippen molar-refractivity contribution in [3.63, 3.8) is 0 Å². The number of rotatable bonds is 5. The fourth-order valence-electron chi connectivity index (χ4n) is 1.53. The van der Waals surface area contributed by atoms with Crippen LogP contribution in [-0.2, 0) is 0 Å². The van der Waals surface area contributed by atoms with E-state index in [4.69, 9.17) is 4.74 Å². The Hall–Kier alpha value is -2.05. The molecule has 5 nitrogen and oxygen atoms in total. The van der Waals surface area contributed by atoms with E-state index in [1.54, 1.807) is 6.92 Å². The second kappa shape index (κ2) is 5.52. The van der Waals surface area contributed by atoms with Crippen LogP contribution < -0.4 is 4.74 Å². The molecule has 0 heterocycles. The number of hydrogen-bond donors (Lipinski definition) is 0. The minimum absolute atomic E-state index is 0.0267. The third kappa shape index (κ3) is 2.79. The lowest BCUT2D eigenvalue weighted by atomic mass is 10.0. The van der Waals surface area contributed by atoms with Crippen molar-refractivity contribution in [2.75, 3.05) is 6.61 Å². The van der Waals surface area contributed by atoms with Gasteiger partial charge in [-0.2, -0.15) is 0 Å². The summed E-state index contributed by atoms with van der Waals surface area (Å²) in [6.07, 6.45) is -3.10. The average Bonchev–Trinajstić information content (AvgIpc) is 2.27. The Morgan fingerprint density at radius 3 is 2.50 bits per heavy atom. The molecular formula is C11H11F2NO4. The zero-order chi connectivity index (χ0) is 13.9. The van der Waals surface area contributed by atoms with Gasteiger partial charge in [0.2, 0.25) is 0 Å². The number of nitro groups is 1. The van der Waals surface area contributed by atoms with E-state index in [1.165, 1.54) is 0 Å². The molecule has 1 aromatic rings. The van der Waals surface area contributed by atoms with Gasteiger partial charge in [0.25, 0.3) is 12.1 Å². The van der Waals surface area contributed by atoms with E-state index in [0.29, 0.717) is 0 Å². The Bertz CT molecular complexity index is 453. The zero-order valence-electron chi connectivity index (χ0n) is 9.78. The number of hydrogen-bond acceptors (Lipinski definition) is 4. The molecule has 1 rings (SSSR count). The van der Waals surface area contributed by atoms with Gasteiger partial charge < -0.3 is 4.74 Å². The monoisotopic (exact) mass is 259 g/mol. The van der Waals surface area contributed by atoms with E-state index in [-0.39, 0.29) is 17.9 Å². The molecule has 0 aromatic heterocycles. The number of ether oxygens (including phenoxy) is 1. The summed E-state index contributed by atoms with van der Waals surface area (Å²) in [5, 5.41) is 10.8. The minimum atomic E-state index is -3.10. The molecule has 0 spiro atoms. The van der Waals surface area contributed by atoms with Crippen molar-refractivity contribution in [3.05, 3.63) is 33.4 Å². The van der Waals surface area contributed by atoms with Gasteiger partial charge in [0, 0.05) is 5.56 Å². The van der Waals surface area contributed by atoms with Crippen molar-refractivity contribution in [2.24, 2.45) is 0 Å². The van der Waals surface area contributed by atoms with Crippen LogP contribution in [0.2, 0.25) is 0 Å². The average molecular weight is 259 g/mol. The maximum Gasteiger partial charge on any atom is 0.282 e. The van der Waals surface area contributed by atoms with Crippen LogP contribution in [0.5, 0.6) is 5.75 Å². The van der Waals surface area contributed by atoms with Gasteiger partial charge >= 0.3 is 0 Å². The van der Waals surface area contributed by atoms with Crippen molar-refractivity contribution in [2.45, 2.75) is 20.3 Å². The molecule has 0 saturated carbocycles.